The Labute approximate surface area is 120 Å². The van der Waals surface area contributed by atoms with Gasteiger partial charge in [-0.25, -0.2) is 9.97 Å². The van der Waals surface area contributed by atoms with Crippen molar-refractivity contribution in [3.8, 4) is 0 Å². The van der Waals surface area contributed by atoms with Gasteiger partial charge in [-0.05, 0) is 23.6 Å². The van der Waals surface area contributed by atoms with Gasteiger partial charge in [0.1, 0.15) is 5.15 Å². The van der Waals surface area contributed by atoms with E-state index in [0.29, 0.717) is 6.54 Å². The molecule has 0 spiro atoms. The minimum absolute atomic E-state index is 0.0193. The van der Waals surface area contributed by atoms with Crippen molar-refractivity contribution in [2.45, 2.75) is 6.42 Å². The van der Waals surface area contributed by atoms with E-state index in [2.05, 4.69) is 15.3 Å². The van der Waals surface area contributed by atoms with E-state index in [4.69, 9.17) is 23.2 Å². The third-order valence-corrected chi connectivity index (χ3v) is 2.97. The Balaban J connectivity index is 1.91. The summed E-state index contributed by atoms with van der Waals surface area (Å²) in [6.45, 7) is 0.516. The Morgan fingerprint density at radius 3 is 2.63 bits per heavy atom. The summed E-state index contributed by atoms with van der Waals surface area (Å²) in [6, 6.07) is 9.88. The number of amides is 1. The number of halogens is 2. The molecule has 0 atom stereocenters. The normalized spacial score (nSPS) is 10.2. The quantitative estimate of drug-likeness (QED) is 0.697. The van der Waals surface area contributed by atoms with Crippen molar-refractivity contribution in [1.29, 1.82) is 0 Å². The maximum absolute atomic E-state index is 11.8. The minimum Gasteiger partial charge on any atom is -0.352 e. The predicted molar refractivity (Wildman–Crippen MR) is 74.5 cm³/mol. The Hall–Kier alpha value is -1.65. The molecule has 1 N–H and O–H groups in total. The molecule has 1 aromatic heterocycles. The average molecular weight is 296 g/mol. The fourth-order valence-corrected chi connectivity index (χ4v) is 1.94. The van der Waals surface area contributed by atoms with Crippen LogP contribution in [0, 0.1) is 0 Å². The Bertz CT molecular complexity index is 575. The van der Waals surface area contributed by atoms with Gasteiger partial charge in [-0.15, -0.1) is 0 Å². The highest BCUT2D eigenvalue weighted by Crippen LogP contribution is 2.13. The van der Waals surface area contributed by atoms with E-state index in [1.165, 1.54) is 6.20 Å². The van der Waals surface area contributed by atoms with Crippen molar-refractivity contribution < 1.29 is 4.79 Å². The van der Waals surface area contributed by atoms with Crippen LogP contribution in [0.2, 0.25) is 10.4 Å². The highest BCUT2D eigenvalue weighted by atomic mass is 35.5. The number of hydrogen-bond acceptors (Lipinski definition) is 3. The molecule has 2 aromatic rings. The molecule has 6 heteroatoms. The average Bonchev–Trinajstić information content (AvgIpc) is 2.39. The number of nitrogens with zero attached hydrogens (tertiary/aromatic N) is 2. The zero-order chi connectivity index (χ0) is 13.7. The van der Waals surface area contributed by atoms with Crippen LogP contribution in [0.5, 0.6) is 0 Å². The molecule has 1 amide bonds. The molecule has 2 rings (SSSR count). The Kier molecular flexibility index (Phi) is 4.71. The van der Waals surface area contributed by atoms with E-state index in [1.54, 1.807) is 0 Å². The number of aromatic nitrogens is 2. The van der Waals surface area contributed by atoms with E-state index in [1.807, 2.05) is 30.3 Å². The molecule has 0 radical (unpaired) electrons. The van der Waals surface area contributed by atoms with E-state index in [9.17, 15) is 4.79 Å². The van der Waals surface area contributed by atoms with Gasteiger partial charge >= 0.3 is 0 Å². The van der Waals surface area contributed by atoms with Gasteiger partial charge < -0.3 is 5.32 Å². The maximum atomic E-state index is 11.8. The molecule has 0 fully saturated rings. The molecule has 19 heavy (non-hydrogen) atoms. The summed E-state index contributed by atoms with van der Waals surface area (Å²) in [4.78, 5) is 19.3. The number of hydrogen-bond donors (Lipinski definition) is 1. The third-order valence-electron chi connectivity index (χ3n) is 2.50. The molecular weight excluding hydrogens is 285 g/mol. The van der Waals surface area contributed by atoms with Crippen LogP contribution in [-0.2, 0) is 6.42 Å². The standard InChI is InChI=1S/C13H11Cl2N3O/c14-11-10(8-17-13(15)18-11)12(19)16-7-6-9-4-2-1-3-5-9/h1-5,8H,6-7H2,(H,16,19). The van der Waals surface area contributed by atoms with Crippen LogP contribution in [0.25, 0.3) is 0 Å². The molecule has 98 valence electrons. The number of benzene rings is 1. The molecule has 0 bridgehead atoms. The van der Waals surface area contributed by atoms with Gasteiger partial charge in [-0.3, -0.25) is 4.79 Å². The van der Waals surface area contributed by atoms with Crippen LogP contribution in [0.4, 0.5) is 0 Å². The van der Waals surface area contributed by atoms with Crippen molar-refractivity contribution in [3.63, 3.8) is 0 Å². The lowest BCUT2D eigenvalue weighted by molar-refractivity contribution is 0.0953. The Morgan fingerprint density at radius 2 is 1.95 bits per heavy atom. The summed E-state index contributed by atoms with van der Waals surface area (Å²) >= 11 is 11.4. The zero-order valence-corrected chi connectivity index (χ0v) is 11.4. The van der Waals surface area contributed by atoms with Gasteiger partial charge in [-0.1, -0.05) is 41.9 Å². The smallest absolute Gasteiger partial charge is 0.256 e. The zero-order valence-electron chi connectivity index (χ0n) is 9.94. The first-order valence-corrected chi connectivity index (χ1v) is 6.42. The van der Waals surface area contributed by atoms with Gasteiger partial charge in [0.05, 0.1) is 5.56 Å². The molecule has 0 saturated heterocycles. The van der Waals surface area contributed by atoms with Crippen molar-refractivity contribution in [2.24, 2.45) is 0 Å². The van der Waals surface area contributed by atoms with Crippen molar-refractivity contribution >= 4 is 29.1 Å². The lowest BCUT2D eigenvalue weighted by Crippen LogP contribution is -2.26. The first-order chi connectivity index (χ1) is 9.16. The second-order valence-corrected chi connectivity index (χ2v) is 4.53. The van der Waals surface area contributed by atoms with E-state index < -0.39 is 0 Å². The highest BCUT2D eigenvalue weighted by Gasteiger charge is 2.12. The Morgan fingerprint density at radius 1 is 1.21 bits per heavy atom. The highest BCUT2D eigenvalue weighted by molar-refractivity contribution is 6.34. The van der Waals surface area contributed by atoms with Gasteiger partial charge in [0.25, 0.3) is 5.91 Å². The molecule has 4 nitrogen and oxygen atoms in total. The summed E-state index contributed by atoms with van der Waals surface area (Å²) in [7, 11) is 0. The van der Waals surface area contributed by atoms with E-state index in [-0.39, 0.29) is 21.9 Å². The van der Waals surface area contributed by atoms with Crippen molar-refractivity contribution in [3.05, 3.63) is 58.1 Å². The van der Waals surface area contributed by atoms with Crippen molar-refractivity contribution in [2.75, 3.05) is 6.54 Å². The van der Waals surface area contributed by atoms with Crippen LogP contribution >= 0.6 is 23.2 Å². The third kappa shape index (κ3) is 3.91. The van der Waals surface area contributed by atoms with Gasteiger partial charge in [0, 0.05) is 12.7 Å². The first kappa shape index (κ1) is 13.8. The van der Waals surface area contributed by atoms with Gasteiger partial charge in [-0.2, -0.15) is 0 Å². The molecule has 0 aliphatic rings. The fourth-order valence-electron chi connectivity index (χ4n) is 1.55. The second kappa shape index (κ2) is 6.50. The molecule has 0 aliphatic carbocycles. The summed E-state index contributed by atoms with van der Waals surface area (Å²) in [6.07, 6.45) is 2.06. The van der Waals surface area contributed by atoms with Crippen molar-refractivity contribution in [1.82, 2.24) is 15.3 Å². The molecule has 0 saturated carbocycles. The number of carbonyl (C=O) groups is 1. The molecule has 0 unspecified atom stereocenters. The van der Waals surface area contributed by atoms with Crippen LogP contribution in [0.3, 0.4) is 0 Å². The SMILES string of the molecule is O=C(NCCc1ccccc1)c1cnc(Cl)nc1Cl. The predicted octanol–water partition coefficient (Wildman–Crippen LogP) is 2.76. The lowest BCUT2D eigenvalue weighted by atomic mass is 10.1. The van der Waals surface area contributed by atoms with Crippen LogP contribution in [0.1, 0.15) is 15.9 Å². The summed E-state index contributed by atoms with van der Waals surface area (Å²) in [5.41, 5.74) is 1.38. The fraction of sp³-hybridized carbons (Fsp3) is 0.154. The molecule has 1 heterocycles. The maximum Gasteiger partial charge on any atom is 0.256 e. The molecule has 1 aromatic carbocycles. The van der Waals surface area contributed by atoms with E-state index >= 15 is 0 Å². The van der Waals surface area contributed by atoms with Crippen LogP contribution in [-0.4, -0.2) is 22.4 Å². The second-order valence-electron chi connectivity index (χ2n) is 3.84. The van der Waals surface area contributed by atoms with Gasteiger partial charge in [0.15, 0.2) is 0 Å². The molecular formula is C13H11Cl2N3O. The van der Waals surface area contributed by atoms with E-state index in [0.717, 1.165) is 12.0 Å². The first-order valence-electron chi connectivity index (χ1n) is 5.67. The van der Waals surface area contributed by atoms with Crippen LogP contribution in [0.15, 0.2) is 36.5 Å². The largest absolute Gasteiger partial charge is 0.352 e. The summed E-state index contributed by atoms with van der Waals surface area (Å²) < 4.78 is 0. The van der Waals surface area contributed by atoms with Crippen LogP contribution < -0.4 is 5.32 Å². The number of carbonyl (C=O) groups excluding carboxylic acids is 1. The topological polar surface area (TPSA) is 54.9 Å². The number of rotatable bonds is 4. The summed E-state index contributed by atoms with van der Waals surface area (Å²) in [5.74, 6) is -0.308. The van der Waals surface area contributed by atoms with Gasteiger partial charge in [0.2, 0.25) is 5.28 Å². The minimum atomic E-state index is -0.308. The molecule has 0 aliphatic heterocycles. The lowest BCUT2D eigenvalue weighted by Gasteiger charge is -2.06. The monoisotopic (exact) mass is 295 g/mol. The summed E-state index contributed by atoms with van der Waals surface area (Å²) in [5, 5.41) is 2.83. The number of nitrogens with one attached hydrogen (secondary N) is 1.